The highest BCUT2D eigenvalue weighted by atomic mass is 31.2. The van der Waals surface area contributed by atoms with Crippen molar-refractivity contribution >= 4 is 13.7 Å². The molecular weight excluding hydrogens is 291 g/mol. The minimum absolute atomic E-state index is 0.813. The first-order valence-corrected chi connectivity index (χ1v) is 8.32. The quantitative estimate of drug-likeness (QED) is 0.611. The van der Waals surface area contributed by atoms with E-state index in [-0.39, 0.29) is 0 Å². The van der Waals surface area contributed by atoms with Crippen LogP contribution in [0.4, 0.5) is 0 Å². The van der Waals surface area contributed by atoms with Crippen molar-refractivity contribution < 1.29 is 9.05 Å². The van der Waals surface area contributed by atoms with E-state index in [9.17, 15) is 0 Å². The van der Waals surface area contributed by atoms with Crippen molar-refractivity contribution in [3.63, 3.8) is 0 Å². The Morgan fingerprint density at radius 1 is 0.591 bits per heavy atom. The molecule has 3 aromatic rings. The molecule has 0 saturated heterocycles. The van der Waals surface area contributed by atoms with Crippen molar-refractivity contribution in [1.29, 1.82) is 0 Å². The third kappa shape index (κ3) is 3.66. The number of rotatable bonds is 5. The molecule has 0 unspecified atom stereocenters. The third-order valence-corrected chi connectivity index (χ3v) is 4.82. The predicted octanol–water partition coefficient (Wildman–Crippen LogP) is 5.09. The maximum Gasteiger partial charge on any atom is 0.326 e. The molecule has 0 spiro atoms. The van der Waals surface area contributed by atoms with Gasteiger partial charge in [-0.25, -0.2) is 0 Å². The molecule has 3 heteroatoms. The molecular formula is C19H17O2P. The molecule has 0 aliphatic heterocycles. The standard InChI is InChI=1S/C19H17O2P/c1-16-10-8-9-15-19(16)22(20-17-11-4-2-5-12-17)21-18-13-6-3-7-14-18/h2-15H,1H3. The second kappa shape index (κ2) is 7.11. The average Bonchev–Trinajstić information content (AvgIpc) is 2.57. The van der Waals surface area contributed by atoms with Gasteiger partial charge in [-0.3, -0.25) is 0 Å². The van der Waals surface area contributed by atoms with Gasteiger partial charge in [0.25, 0.3) is 0 Å². The van der Waals surface area contributed by atoms with Crippen LogP contribution in [0.15, 0.2) is 84.9 Å². The monoisotopic (exact) mass is 308 g/mol. The Morgan fingerprint density at radius 2 is 1.05 bits per heavy atom. The fourth-order valence-corrected chi connectivity index (χ4v) is 3.47. The number of hydrogen-bond donors (Lipinski definition) is 0. The zero-order valence-electron chi connectivity index (χ0n) is 12.3. The summed E-state index contributed by atoms with van der Waals surface area (Å²) >= 11 is 0. The van der Waals surface area contributed by atoms with Crippen LogP contribution < -0.4 is 14.4 Å². The van der Waals surface area contributed by atoms with Gasteiger partial charge in [-0.05, 0) is 42.8 Å². The Balaban J connectivity index is 1.90. The fraction of sp³-hybridized carbons (Fsp3) is 0.0526. The summed E-state index contributed by atoms with van der Waals surface area (Å²) in [5.41, 5.74) is 1.17. The molecule has 0 fully saturated rings. The van der Waals surface area contributed by atoms with Crippen LogP contribution in [0.25, 0.3) is 0 Å². The summed E-state index contributed by atoms with van der Waals surface area (Å²) in [6, 6.07) is 27.8. The van der Waals surface area contributed by atoms with Gasteiger partial charge >= 0.3 is 8.38 Å². The zero-order valence-corrected chi connectivity index (χ0v) is 13.2. The average molecular weight is 308 g/mol. The molecule has 0 atom stereocenters. The van der Waals surface area contributed by atoms with Crippen molar-refractivity contribution in [2.45, 2.75) is 6.92 Å². The maximum atomic E-state index is 6.13. The van der Waals surface area contributed by atoms with E-state index in [0.29, 0.717) is 0 Å². The SMILES string of the molecule is Cc1ccccc1P(Oc1ccccc1)Oc1ccccc1. The molecule has 22 heavy (non-hydrogen) atoms. The van der Waals surface area contributed by atoms with Crippen LogP contribution in [-0.2, 0) is 0 Å². The van der Waals surface area contributed by atoms with Crippen molar-refractivity contribution in [2.24, 2.45) is 0 Å². The van der Waals surface area contributed by atoms with E-state index in [0.717, 1.165) is 16.8 Å². The van der Waals surface area contributed by atoms with Gasteiger partial charge in [0.2, 0.25) is 0 Å². The molecule has 110 valence electrons. The van der Waals surface area contributed by atoms with E-state index in [1.165, 1.54) is 5.56 Å². The van der Waals surface area contributed by atoms with E-state index < -0.39 is 8.38 Å². The molecule has 0 heterocycles. The summed E-state index contributed by atoms with van der Waals surface area (Å²) in [4.78, 5) is 0. The van der Waals surface area contributed by atoms with E-state index in [4.69, 9.17) is 9.05 Å². The Morgan fingerprint density at radius 3 is 1.55 bits per heavy atom. The fourth-order valence-electron chi connectivity index (χ4n) is 2.04. The van der Waals surface area contributed by atoms with Crippen LogP contribution in [0.1, 0.15) is 5.56 Å². The van der Waals surface area contributed by atoms with Gasteiger partial charge in [0.1, 0.15) is 11.5 Å². The summed E-state index contributed by atoms with van der Waals surface area (Å²) in [7, 11) is -1.23. The molecule has 3 aromatic carbocycles. The van der Waals surface area contributed by atoms with Crippen LogP contribution in [0, 0.1) is 6.92 Å². The Kier molecular flexibility index (Phi) is 4.72. The van der Waals surface area contributed by atoms with Gasteiger partial charge in [0.15, 0.2) is 0 Å². The van der Waals surface area contributed by atoms with E-state index >= 15 is 0 Å². The zero-order chi connectivity index (χ0) is 15.2. The number of benzene rings is 3. The predicted molar refractivity (Wildman–Crippen MR) is 91.9 cm³/mol. The van der Waals surface area contributed by atoms with Crippen LogP contribution >= 0.6 is 8.38 Å². The van der Waals surface area contributed by atoms with Crippen molar-refractivity contribution in [2.75, 3.05) is 0 Å². The van der Waals surface area contributed by atoms with Crippen molar-refractivity contribution in [1.82, 2.24) is 0 Å². The van der Waals surface area contributed by atoms with Gasteiger partial charge in [-0.1, -0.05) is 54.6 Å². The lowest BCUT2D eigenvalue weighted by Gasteiger charge is -2.20. The summed E-state index contributed by atoms with van der Waals surface area (Å²) in [5.74, 6) is 1.63. The summed E-state index contributed by atoms with van der Waals surface area (Å²) in [5, 5.41) is 1.09. The topological polar surface area (TPSA) is 18.5 Å². The second-order valence-corrected chi connectivity index (χ2v) is 6.21. The molecule has 0 bridgehead atoms. The molecule has 0 aliphatic carbocycles. The van der Waals surface area contributed by atoms with E-state index in [1.54, 1.807) is 0 Å². The van der Waals surface area contributed by atoms with Gasteiger partial charge < -0.3 is 9.05 Å². The largest absolute Gasteiger partial charge is 0.435 e. The summed E-state index contributed by atoms with van der Waals surface area (Å²) < 4.78 is 12.3. The highest BCUT2D eigenvalue weighted by Crippen LogP contribution is 2.40. The van der Waals surface area contributed by atoms with Crippen LogP contribution in [0.3, 0.4) is 0 Å². The first-order chi connectivity index (χ1) is 10.8. The molecule has 0 aromatic heterocycles. The van der Waals surface area contributed by atoms with Gasteiger partial charge in [0, 0.05) is 0 Å². The Labute approximate surface area is 132 Å². The summed E-state index contributed by atoms with van der Waals surface area (Å²) in [6.07, 6.45) is 0. The second-order valence-electron chi connectivity index (χ2n) is 4.85. The lowest BCUT2D eigenvalue weighted by Crippen LogP contribution is -2.12. The van der Waals surface area contributed by atoms with Crippen LogP contribution in [0.2, 0.25) is 0 Å². The molecule has 2 nitrogen and oxygen atoms in total. The lowest BCUT2D eigenvalue weighted by atomic mass is 10.2. The number of aryl methyl sites for hydroxylation is 1. The van der Waals surface area contributed by atoms with Gasteiger partial charge in [-0.2, -0.15) is 0 Å². The van der Waals surface area contributed by atoms with Gasteiger partial charge in [0.05, 0.1) is 5.30 Å². The molecule has 0 aliphatic rings. The number of hydrogen-bond acceptors (Lipinski definition) is 2. The Bertz CT molecular complexity index is 672. The van der Waals surface area contributed by atoms with Crippen LogP contribution in [0.5, 0.6) is 11.5 Å². The normalized spacial score (nSPS) is 10.5. The minimum Gasteiger partial charge on any atom is -0.435 e. The highest BCUT2D eigenvalue weighted by Gasteiger charge is 2.19. The van der Waals surface area contributed by atoms with E-state index in [1.807, 2.05) is 72.8 Å². The lowest BCUT2D eigenvalue weighted by molar-refractivity contribution is 0.501. The first-order valence-electron chi connectivity index (χ1n) is 7.15. The molecule has 0 N–H and O–H groups in total. The summed E-state index contributed by atoms with van der Waals surface area (Å²) in [6.45, 7) is 2.08. The highest BCUT2D eigenvalue weighted by molar-refractivity contribution is 7.56. The molecule has 0 amide bonds. The van der Waals surface area contributed by atoms with Crippen molar-refractivity contribution in [3.05, 3.63) is 90.5 Å². The first kappa shape index (κ1) is 14.6. The van der Waals surface area contributed by atoms with Crippen molar-refractivity contribution in [3.8, 4) is 11.5 Å². The van der Waals surface area contributed by atoms with Crippen LogP contribution in [-0.4, -0.2) is 0 Å². The molecule has 0 saturated carbocycles. The van der Waals surface area contributed by atoms with E-state index in [2.05, 4.69) is 19.1 Å². The number of para-hydroxylation sites is 2. The van der Waals surface area contributed by atoms with Gasteiger partial charge in [-0.15, -0.1) is 0 Å². The smallest absolute Gasteiger partial charge is 0.326 e. The Hall–Kier alpha value is -2.31. The third-order valence-electron chi connectivity index (χ3n) is 3.18. The maximum absolute atomic E-state index is 6.13. The molecule has 0 radical (unpaired) electrons. The minimum atomic E-state index is -1.23. The molecule has 3 rings (SSSR count).